The number of aryl methyl sites for hydroxylation is 1. The molecule has 2 heterocycles. The van der Waals surface area contributed by atoms with Crippen molar-refractivity contribution in [3.8, 4) is 0 Å². The van der Waals surface area contributed by atoms with Crippen LogP contribution in [0.2, 0.25) is 0 Å². The predicted octanol–water partition coefficient (Wildman–Crippen LogP) is 3.77. The van der Waals surface area contributed by atoms with Crippen LogP contribution in [0.25, 0.3) is 10.2 Å². The summed E-state index contributed by atoms with van der Waals surface area (Å²) in [4.78, 5) is 19.5. The number of hydrogen-bond donors (Lipinski definition) is 0. The average Bonchev–Trinajstić information content (AvgIpc) is 2.90. The molecule has 3 nitrogen and oxygen atoms in total. The highest BCUT2D eigenvalue weighted by molar-refractivity contribution is 7.18. The van der Waals surface area contributed by atoms with E-state index in [-0.39, 0.29) is 11.4 Å². The molecule has 1 unspecified atom stereocenters. The van der Waals surface area contributed by atoms with Gasteiger partial charge in [-0.1, -0.05) is 19.1 Å². The number of hydrogen-bond acceptors (Lipinski definition) is 3. The lowest BCUT2D eigenvalue weighted by molar-refractivity contribution is 0.509. The van der Waals surface area contributed by atoms with E-state index in [0.717, 1.165) is 35.0 Å². The fourth-order valence-corrected chi connectivity index (χ4v) is 4.61. The lowest BCUT2D eigenvalue weighted by atomic mass is 9.89. The molecule has 0 fully saturated rings. The van der Waals surface area contributed by atoms with Gasteiger partial charge in [-0.25, -0.2) is 9.37 Å². The van der Waals surface area contributed by atoms with Gasteiger partial charge in [0.15, 0.2) is 0 Å². The quantitative estimate of drug-likeness (QED) is 0.718. The summed E-state index contributed by atoms with van der Waals surface area (Å²) in [6, 6.07) is 6.24. The summed E-state index contributed by atoms with van der Waals surface area (Å²) >= 11 is 1.66. The molecule has 3 aromatic rings. The molecule has 1 aliphatic carbocycles. The summed E-state index contributed by atoms with van der Waals surface area (Å²) < 4.78 is 14.6. The number of fused-ring (bicyclic) bond motifs is 3. The van der Waals surface area contributed by atoms with Crippen molar-refractivity contribution in [3.63, 3.8) is 0 Å². The average molecular weight is 328 g/mol. The summed E-state index contributed by atoms with van der Waals surface area (Å²) in [6.07, 6.45) is 4.76. The molecule has 5 heteroatoms. The van der Waals surface area contributed by atoms with Gasteiger partial charge in [-0.2, -0.15) is 0 Å². The zero-order chi connectivity index (χ0) is 16.0. The third-order valence-corrected chi connectivity index (χ3v) is 5.71. The van der Waals surface area contributed by atoms with Crippen LogP contribution >= 0.6 is 11.3 Å². The maximum Gasteiger partial charge on any atom is 0.262 e. The first-order valence-corrected chi connectivity index (χ1v) is 8.67. The van der Waals surface area contributed by atoms with Crippen LogP contribution in [0.1, 0.15) is 29.3 Å². The van der Waals surface area contributed by atoms with Crippen molar-refractivity contribution in [3.05, 3.63) is 62.8 Å². The van der Waals surface area contributed by atoms with E-state index < -0.39 is 0 Å². The second-order valence-electron chi connectivity index (χ2n) is 6.34. The second kappa shape index (κ2) is 5.57. The molecule has 0 N–H and O–H groups in total. The molecule has 0 spiro atoms. The van der Waals surface area contributed by atoms with Gasteiger partial charge in [0.2, 0.25) is 0 Å². The Morgan fingerprint density at radius 2 is 2.13 bits per heavy atom. The molecule has 0 saturated heterocycles. The highest BCUT2D eigenvalue weighted by atomic mass is 32.1. The Hall–Kier alpha value is -2.01. The molecule has 118 valence electrons. The zero-order valence-corrected chi connectivity index (χ0v) is 13.7. The molecular formula is C18H17FN2OS. The minimum Gasteiger partial charge on any atom is -0.294 e. The van der Waals surface area contributed by atoms with Crippen LogP contribution in [0, 0.1) is 11.7 Å². The number of aromatic nitrogens is 2. The van der Waals surface area contributed by atoms with Crippen molar-refractivity contribution in [2.45, 2.75) is 32.7 Å². The standard InChI is InChI=1S/C18H17FN2OS/c1-11-2-7-14-15(8-11)23-17-16(14)18(22)21(10-20-17)9-12-3-5-13(19)6-4-12/h3-6,10-11H,2,7-9H2,1H3. The van der Waals surface area contributed by atoms with Gasteiger partial charge in [-0.15, -0.1) is 11.3 Å². The number of halogens is 1. The molecule has 0 bridgehead atoms. The normalized spacial score (nSPS) is 17.4. The molecule has 0 radical (unpaired) electrons. The molecule has 1 aliphatic rings. The minimum atomic E-state index is -0.268. The number of nitrogens with zero attached hydrogens (tertiary/aromatic N) is 2. The van der Waals surface area contributed by atoms with E-state index in [1.165, 1.54) is 22.6 Å². The van der Waals surface area contributed by atoms with Crippen LogP contribution in [-0.2, 0) is 19.4 Å². The van der Waals surface area contributed by atoms with Crippen LogP contribution in [0.4, 0.5) is 4.39 Å². The van der Waals surface area contributed by atoms with E-state index in [9.17, 15) is 9.18 Å². The van der Waals surface area contributed by atoms with Gasteiger partial charge >= 0.3 is 0 Å². The van der Waals surface area contributed by atoms with E-state index in [2.05, 4.69) is 11.9 Å². The molecule has 0 amide bonds. The van der Waals surface area contributed by atoms with Gasteiger partial charge in [0.25, 0.3) is 5.56 Å². The Labute approximate surface area is 137 Å². The maximum absolute atomic E-state index is 13.0. The maximum atomic E-state index is 13.0. The third-order valence-electron chi connectivity index (χ3n) is 4.55. The Morgan fingerprint density at radius 3 is 2.91 bits per heavy atom. The van der Waals surface area contributed by atoms with Crippen molar-refractivity contribution in [2.24, 2.45) is 5.92 Å². The monoisotopic (exact) mass is 328 g/mol. The second-order valence-corrected chi connectivity index (χ2v) is 7.42. The summed E-state index contributed by atoms with van der Waals surface area (Å²) in [5.74, 6) is 0.410. The molecule has 0 saturated carbocycles. The highest BCUT2D eigenvalue weighted by Crippen LogP contribution is 2.35. The van der Waals surface area contributed by atoms with E-state index in [4.69, 9.17) is 0 Å². The van der Waals surface area contributed by atoms with Crippen molar-refractivity contribution < 1.29 is 4.39 Å². The van der Waals surface area contributed by atoms with Crippen LogP contribution in [0.15, 0.2) is 35.4 Å². The highest BCUT2D eigenvalue weighted by Gasteiger charge is 2.23. The van der Waals surface area contributed by atoms with E-state index in [1.807, 2.05) is 0 Å². The zero-order valence-electron chi connectivity index (χ0n) is 12.9. The molecule has 0 aliphatic heterocycles. The van der Waals surface area contributed by atoms with Gasteiger partial charge in [0.1, 0.15) is 10.6 Å². The largest absolute Gasteiger partial charge is 0.294 e. The van der Waals surface area contributed by atoms with Crippen LogP contribution in [0.5, 0.6) is 0 Å². The van der Waals surface area contributed by atoms with E-state index >= 15 is 0 Å². The fourth-order valence-electron chi connectivity index (χ4n) is 3.27. The molecule has 1 atom stereocenters. The Bertz CT molecular complexity index is 927. The van der Waals surface area contributed by atoms with Gasteiger partial charge in [0, 0.05) is 4.88 Å². The summed E-state index contributed by atoms with van der Waals surface area (Å²) in [5.41, 5.74) is 2.12. The topological polar surface area (TPSA) is 34.9 Å². The van der Waals surface area contributed by atoms with Crippen LogP contribution < -0.4 is 5.56 Å². The van der Waals surface area contributed by atoms with Crippen molar-refractivity contribution in [1.29, 1.82) is 0 Å². The molecular weight excluding hydrogens is 311 g/mol. The fraction of sp³-hybridized carbons (Fsp3) is 0.333. The number of benzene rings is 1. The summed E-state index contributed by atoms with van der Waals surface area (Å²) in [7, 11) is 0. The smallest absolute Gasteiger partial charge is 0.262 e. The third kappa shape index (κ3) is 2.59. The Balaban J connectivity index is 1.78. The van der Waals surface area contributed by atoms with Gasteiger partial charge in [-0.05, 0) is 48.4 Å². The molecule has 1 aromatic carbocycles. The van der Waals surface area contributed by atoms with Crippen molar-refractivity contribution in [1.82, 2.24) is 9.55 Å². The Kier molecular flexibility index (Phi) is 3.53. The summed E-state index contributed by atoms with van der Waals surface area (Å²) in [6.45, 7) is 2.68. The van der Waals surface area contributed by atoms with Gasteiger partial charge in [0.05, 0.1) is 18.3 Å². The predicted molar refractivity (Wildman–Crippen MR) is 90.6 cm³/mol. The number of thiophene rings is 1. The number of rotatable bonds is 2. The lowest BCUT2D eigenvalue weighted by Crippen LogP contribution is -2.22. The molecule has 23 heavy (non-hydrogen) atoms. The molecule has 2 aromatic heterocycles. The van der Waals surface area contributed by atoms with Crippen molar-refractivity contribution in [2.75, 3.05) is 0 Å². The minimum absolute atomic E-state index is 0.0198. The van der Waals surface area contributed by atoms with Crippen LogP contribution in [-0.4, -0.2) is 9.55 Å². The van der Waals surface area contributed by atoms with E-state index in [1.54, 1.807) is 34.4 Å². The SMILES string of the molecule is CC1CCc2c(sc3ncn(Cc4ccc(F)cc4)c(=O)c23)C1. The first-order chi connectivity index (χ1) is 11.1. The lowest BCUT2D eigenvalue weighted by Gasteiger charge is -2.17. The van der Waals surface area contributed by atoms with Gasteiger partial charge < -0.3 is 0 Å². The van der Waals surface area contributed by atoms with Crippen LogP contribution in [0.3, 0.4) is 0 Å². The van der Waals surface area contributed by atoms with Crippen molar-refractivity contribution >= 4 is 21.6 Å². The first kappa shape index (κ1) is 14.6. The first-order valence-electron chi connectivity index (χ1n) is 7.86. The summed E-state index contributed by atoms with van der Waals surface area (Å²) in [5, 5.41) is 0.793. The molecule has 4 rings (SSSR count). The Morgan fingerprint density at radius 1 is 1.35 bits per heavy atom. The van der Waals surface area contributed by atoms with Gasteiger partial charge in [-0.3, -0.25) is 9.36 Å². The van der Waals surface area contributed by atoms with E-state index in [0.29, 0.717) is 12.5 Å².